The molecule has 10 heteroatoms. The molecule has 208 valence electrons. The van der Waals surface area contributed by atoms with Crippen LogP contribution in [0, 0.1) is 19.7 Å². The van der Waals surface area contributed by atoms with Gasteiger partial charge in [-0.15, -0.1) is 0 Å². The molecule has 3 rings (SSSR count). The van der Waals surface area contributed by atoms with E-state index in [1.54, 1.807) is 44.2 Å². The van der Waals surface area contributed by atoms with Crippen molar-refractivity contribution in [3.63, 3.8) is 0 Å². The molecule has 0 aliphatic rings. The maximum Gasteiger partial charge on any atom is 0.264 e. The van der Waals surface area contributed by atoms with Crippen LogP contribution in [-0.4, -0.2) is 44.3 Å². The summed E-state index contributed by atoms with van der Waals surface area (Å²) in [6.07, 6.45) is 0.709. The molecule has 1 N–H and O–H groups in total. The van der Waals surface area contributed by atoms with Gasteiger partial charge in [-0.2, -0.15) is 0 Å². The highest BCUT2D eigenvalue weighted by molar-refractivity contribution is 7.92. The van der Waals surface area contributed by atoms with Crippen molar-refractivity contribution < 1.29 is 22.4 Å². The maximum absolute atomic E-state index is 13.9. The van der Waals surface area contributed by atoms with E-state index in [-0.39, 0.29) is 23.0 Å². The first-order chi connectivity index (χ1) is 18.4. The fourth-order valence-corrected chi connectivity index (χ4v) is 5.62. The normalized spacial score (nSPS) is 12.1. The molecule has 0 saturated carbocycles. The van der Waals surface area contributed by atoms with Gasteiger partial charge in [-0.3, -0.25) is 13.9 Å². The molecule has 0 radical (unpaired) electrons. The van der Waals surface area contributed by atoms with Crippen LogP contribution in [0.15, 0.2) is 71.6 Å². The van der Waals surface area contributed by atoms with Gasteiger partial charge < -0.3 is 10.2 Å². The van der Waals surface area contributed by atoms with Crippen molar-refractivity contribution >= 4 is 39.1 Å². The first kappa shape index (κ1) is 30.1. The van der Waals surface area contributed by atoms with Gasteiger partial charge >= 0.3 is 0 Å². The number of nitrogens with one attached hydrogen (secondary N) is 1. The van der Waals surface area contributed by atoms with Crippen molar-refractivity contribution in [2.24, 2.45) is 0 Å². The summed E-state index contributed by atoms with van der Waals surface area (Å²) >= 11 is 6.33. The number of anilines is 1. The zero-order valence-corrected chi connectivity index (χ0v) is 24.0. The molecule has 0 aliphatic carbocycles. The lowest BCUT2D eigenvalue weighted by Crippen LogP contribution is -2.51. The first-order valence-electron chi connectivity index (χ1n) is 12.6. The Labute approximate surface area is 234 Å². The minimum absolute atomic E-state index is 0.0131. The summed E-state index contributed by atoms with van der Waals surface area (Å²) in [5, 5.41) is 3.13. The number of rotatable bonds is 11. The van der Waals surface area contributed by atoms with Gasteiger partial charge in [0.1, 0.15) is 18.4 Å². The van der Waals surface area contributed by atoms with Crippen LogP contribution < -0.4 is 9.62 Å². The van der Waals surface area contributed by atoms with Gasteiger partial charge in [0.05, 0.1) is 10.6 Å². The Morgan fingerprint density at radius 2 is 1.64 bits per heavy atom. The van der Waals surface area contributed by atoms with Crippen molar-refractivity contribution in [2.45, 2.75) is 51.6 Å². The number of carbonyl (C=O) groups is 2. The van der Waals surface area contributed by atoms with Gasteiger partial charge in [-0.25, -0.2) is 12.8 Å². The van der Waals surface area contributed by atoms with Crippen LogP contribution >= 0.6 is 11.6 Å². The minimum atomic E-state index is -4.20. The van der Waals surface area contributed by atoms with E-state index in [1.807, 2.05) is 13.8 Å². The summed E-state index contributed by atoms with van der Waals surface area (Å²) in [5.41, 5.74) is 2.21. The van der Waals surface area contributed by atoms with Gasteiger partial charge in [-0.1, -0.05) is 54.4 Å². The largest absolute Gasteiger partial charge is 0.354 e. The first-order valence-corrected chi connectivity index (χ1v) is 14.4. The minimum Gasteiger partial charge on any atom is -0.354 e. The second kappa shape index (κ2) is 13.1. The number of carbonyl (C=O) groups excluding carboxylic acids is 2. The van der Waals surface area contributed by atoms with E-state index in [0.717, 1.165) is 9.87 Å². The summed E-state index contributed by atoms with van der Waals surface area (Å²) < 4.78 is 42.3. The van der Waals surface area contributed by atoms with Crippen LogP contribution in [0.2, 0.25) is 5.02 Å². The third-order valence-electron chi connectivity index (χ3n) is 6.38. The molecule has 3 aromatic carbocycles. The standard InChI is InChI=1S/C29H33ClFN3O4S/c1-5-17-32-29(36)22(4)33(18-23-11-13-24(31)14-12-23)28(35)19-34(27-8-6-7-26(30)21(27)3)39(37,38)25-15-9-20(2)10-16-25/h6-16,22H,5,17-19H2,1-4H3,(H,32,36)/t22-/m0/s1. The average Bonchev–Trinajstić information content (AvgIpc) is 2.91. The van der Waals surface area contributed by atoms with Crippen LogP contribution in [0.5, 0.6) is 0 Å². The Hall–Kier alpha value is -3.43. The van der Waals surface area contributed by atoms with Gasteiger partial charge in [0, 0.05) is 18.1 Å². The molecular weight excluding hydrogens is 541 g/mol. The molecule has 0 fully saturated rings. The lowest BCUT2D eigenvalue weighted by atomic mass is 10.1. The second-order valence-corrected chi connectivity index (χ2v) is 11.6. The van der Waals surface area contributed by atoms with Crippen LogP contribution in [0.1, 0.15) is 37.0 Å². The molecule has 1 atom stereocenters. The average molecular weight is 574 g/mol. The van der Waals surface area contributed by atoms with E-state index in [1.165, 1.54) is 41.3 Å². The van der Waals surface area contributed by atoms with E-state index >= 15 is 0 Å². The third-order valence-corrected chi connectivity index (χ3v) is 8.56. The molecule has 0 aromatic heterocycles. The van der Waals surface area contributed by atoms with Crippen LogP contribution in [0.4, 0.5) is 10.1 Å². The molecule has 0 saturated heterocycles. The number of hydrogen-bond acceptors (Lipinski definition) is 4. The van der Waals surface area contributed by atoms with E-state index in [4.69, 9.17) is 11.6 Å². The van der Waals surface area contributed by atoms with Gasteiger partial charge in [0.2, 0.25) is 11.8 Å². The number of sulfonamides is 1. The molecule has 0 spiro atoms. The summed E-state index contributed by atoms with van der Waals surface area (Å²) in [6.45, 7) is 6.84. The van der Waals surface area contributed by atoms with Crippen molar-refractivity contribution in [3.8, 4) is 0 Å². The monoisotopic (exact) mass is 573 g/mol. The van der Waals surface area contributed by atoms with Gasteiger partial charge in [0.25, 0.3) is 10.0 Å². The lowest BCUT2D eigenvalue weighted by molar-refractivity contribution is -0.139. The highest BCUT2D eigenvalue weighted by atomic mass is 35.5. The summed E-state index contributed by atoms with van der Waals surface area (Å²) in [7, 11) is -4.20. The number of amides is 2. The molecule has 3 aromatic rings. The molecular formula is C29H33ClFN3O4S. The van der Waals surface area contributed by atoms with E-state index in [0.29, 0.717) is 29.1 Å². The van der Waals surface area contributed by atoms with Crippen molar-refractivity contribution in [3.05, 3.63) is 94.3 Å². The summed E-state index contributed by atoms with van der Waals surface area (Å²) in [4.78, 5) is 28.1. The second-order valence-electron chi connectivity index (χ2n) is 9.32. The Bertz CT molecular complexity index is 1410. The quantitative estimate of drug-likeness (QED) is 0.340. The zero-order valence-electron chi connectivity index (χ0n) is 22.4. The van der Waals surface area contributed by atoms with Crippen molar-refractivity contribution in [2.75, 3.05) is 17.4 Å². The van der Waals surface area contributed by atoms with Crippen molar-refractivity contribution in [1.29, 1.82) is 0 Å². The highest BCUT2D eigenvalue weighted by Crippen LogP contribution is 2.31. The summed E-state index contributed by atoms with van der Waals surface area (Å²) in [6, 6.07) is 15.8. The van der Waals surface area contributed by atoms with Crippen LogP contribution in [-0.2, 0) is 26.2 Å². The predicted octanol–water partition coefficient (Wildman–Crippen LogP) is 5.23. The van der Waals surface area contributed by atoms with Gasteiger partial charge in [0.15, 0.2) is 0 Å². The SMILES string of the molecule is CCCNC(=O)[C@H](C)N(Cc1ccc(F)cc1)C(=O)CN(c1cccc(Cl)c1C)S(=O)(=O)c1ccc(C)cc1. The summed E-state index contributed by atoms with van der Waals surface area (Å²) in [5.74, 6) is -1.41. The molecule has 0 unspecified atom stereocenters. The Balaban J connectivity index is 2.05. The predicted molar refractivity (Wildman–Crippen MR) is 152 cm³/mol. The smallest absolute Gasteiger partial charge is 0.264 e. The Kier molecular flexibility index (Phi) is 10.1. The Morgan fingerprint density at radius 3 is 2.26 bits per heavy atom. The Morgan fingerprint density at radius 1 is 1.00 bits per heavy atom. The topological polar surface area (TPSA) is 86.8 Å². The number of nitrogens with zero attached hydrogens (tertiary/aromatic N) is 2. The van der Waals surface area contributed by atoms with Crippen LogP contribution in [0.25, 0.3) is 0 Å². The van der Waals surface area contributed by atoms with E-state index < -0.39 is 34.3 Å². The zero-order chi connectivity index (χ0) is 28.7. The van der Waals surface area contributed by atoms with Crippen LogP contribution in [0.3, 0.4) is 0 Å². The van der Waals surface area contributed by atoms with E-state index in [9.17, 15) is 22.4 Å². The number of aryl methyl sites for hydroxylation is 1. The highest BCUT2D eigenvalue weighted by Gasteiger charge is 2.33. The third kappa shape index (κ3) is 7.36. The number of hydrogen-bond donors (Lipinski definition) is 1. The van der Waals surface area contributed by atoms with E-state index in [2.05, 4.69) is 5.32 Å². The number of benzene rings is 3. The fourth-order valence-electron chi connectivity index (χ4n) is 3.98. The maximum atomic E-state index is 13.9. The van der Waals surface area contributed by atoms with Crippen molar-refractivity contribution in [1.82, 2.24) is 10.2 Å². The fraction of sp³-hybridized carbons (Fsp3) is 0.310. The molecule has 7 nitrogen and oxygen atoms in total. The molecule has 2 amide bonds. The van der Waals surface area contributed by atoms with Gasteiger partial charge in [-0.05, 0) is 74.7 Å². The lowest BCUT2D eigenvalue weighted by Gasteiger charge is -2.32. The molecule has 39 heavy (non-hydrogen) atoms. The number of halogens is 2. The molecule has 0 bridgehead atoms. The molecule has 0 aliphatic heterocycles. The molecule has 0 heterocycles.